The van der Waals surface area contributed by atoms with Gasteiger partial charge in [-0.3, -0.25) is 0 Å². The third-order valence-corrected chi connectivity index (χ3v) is 3.61. The van der Waals surface area contributed by atoms with E-state index >= 15 is 0 Å². The van der Waals surface area contributed by atoms with Gasteiger partial charge in [0.1, 0.15) is 5.60 Å². The van der Waals surface area contributed by atoms with Gasteiger partial charge in [-0.05, 0) is 45.9 Å². The Bertz CT molecular complexity index is 417. The molecule has 0 saturated heterocycles. The van der Waals surface area contributed by atoms with Crippen LogP contribution in [-0.4, -0.2) is 24.3 Å². The van der Waals surface area contributed by atoms with Crippen LogP contribution in [-0.2, 0) is 0 Å². The summed E-state index contributed by atoms with van der Waals surface area (Å²) in [4.78, 5) is 0. The van der Waals surface area contributed by atoms with Crippen molar-refractivity contribution in [2.75, 3.05) is 6.54 Å². The monoisotopic (exact) mass is 263 g/mol. The lowest BCUT2D eigenvalue weighted by molar-refractivity contribution is -0.0564. The molecule has 2 atom stereocenters. The van der Waals surface area contributed by atoms with E-state index < -0.39 is 0 Å². The van der Waals surface area contributed by atoms with Crippen LogP contribution in [0.5, 0.6) is 11.5 Å². The largest absolute Gasteiger partial charge is 0.481 e. The van der Waals surface area contributed by atoms with Gasteiger partial charge in [0, 0.05) is 6.04 Å². The van der Waals surface area contributed by atoms with Crippen molar-refractivity contribution in [1.29, 1.82) is 0 Å². The summed E-state index contributed by atoms with van der Waals surface area (Å²) < 4.78 is 12.2. The number of para-hydroxylation sites is 2. The van der Waals surface area contributed by atoms with Crippen LogP contribution in [0.25, 0.3) is 0 Å². The summed E-state index contributed by atoms with van der Waals surface area (Å²) in [7, 11) is 0. The quantitative estimate of drug-likeness (QED) is 0.826. The van der Waals surface area contributed by atoms with E-state index in [9.17, 15) is 0 Å². The minimum atomic E-state index is -0.326. The lowest BCUT2D eigenvalue weighted by Crippen LogP contribution is -2.57. The van der Waals surface area contributed by atoms with Gasteiger partial charge in [0.25, 0.3) is 0 Å². The van der Waals surface area contributed by atoms with Crippen LogP contribution in [0.3, 0.4) is 0 Å². The third kappa shape index (κ3) is 3.21. The van der Waals surface area contributed by atoms with Crippen LogP contribution >= 0.6 is 0 Å². The molecule has 1 aliphatic rings. The molecule has 19 heavy (non-hydrogen) atoms. The van der Waals surface area contributed by atoms with Crippen molar-refractivity contribution in [3.8, 4) is 11.5 Å². The number of nitrogens with one attached hydrogen (secondary N) is 1. The molecule has 1 N–H and O–H groups in total. The molecule has 3 nitrogen and oxygen atoms in total. The summed E-state index contributed by atoms with van der Waals surface area (Å²) in [6.07, 6.45) is 2.40. The Morgan fingerprint density at radius 1 is 1.26 bits per heavy atom. The maximum atomic E-state index is 6.15. The summed E-state index contributed by atoms with van der Waals surface area (Å²) >= 11 is 0. The van der Waals surface area contributed by atoms with Gasteiger partial charge in [-0.25, -0.2) is 0 Å². The Morgan fingerprint density at radius 3 is 2.63 bits per heavy atom. The number of benzene rings is 1. The number of fused-ring (bicyclic) bond motifs is 1. The molecule has 0 spiro atoms. The van der Waals surface area contributed by atoms with E-state index in [-0.39, 0.29) is 17.7 Å². The normalized spacial score (nSPS) is 22.0. The molecule has 0 amide bonds. The predicted molar refractivity (Wildman–Crippen MR) is 77.9 cm³/mol. The van der Waals surface area contributed by atoms with Crippen LogP contribution in [0, 0.1) is 0 Å². The topological polar surface area (TPSA) is 30.5 Å². The molecule has 1 aromatic rings. The predicted octanol–water partition coefficient (Wildman–Crippen LogP) is 3.38. The molecule has 3 heteroatoms. The molecule has 0 fully saturated rings. The number of hydrogen-bond acceptors (Lipinski definition) is 3. The summed E-state index contributed by atoms with van der Waals surface area (Å²) in [5, 5.41) is 3.53. The second-order valence-corrected chi connectivity index (χ2v) is 5.79. The highest BCUT2D eigenvalue weighted by atomic mass is 16.6. The van der Waals surface area contributed by atoms with Gasteiger partial charge >= 0.3 is 0 Å². The first-order valence-electron chi connectivity index (χ1n) is 7.22. The second-order valence-electron chi connectivity index (χ2n) is 5.79. The molecule has 0 radical (unpaired) electrons. The Morgan fingerprint density at radius 2 is 1.95 bits per heavy atom. The Kier molecular flexibility index (Phi) is 4.35. The standard InChI is InChI=1S/C16H25NO2/c1-5-6-11-17-12(2)15-16(3,4)19-14-10-8-7-9-13(14)18-15/h7-10,12,15,17H,5-6,11H2,1-4H3. The number of hydrogen-bond donors (Lipinski definition) is 1. The molecule has 1 aromatic carbocycles. The molecule has 2 unspecified atom stereocenters. The second kappa shape index (κ2) is 5.83. The van der Waals surface area contributed by atoms with Crippen molar-refractivity contribution in [2.24, 2.45) is 0 Å². The first-order valence-corrected chi connectivity index (χ1v) is 7.22. The number of rotatable bonds is 5. The van der Waals surface area contributed by atoms with Gasteiger partial charge in [0.05, 0.1) is 0 Å². The minimum absolute atomic E-state index is 0.0132. The van der Waals surface area contributed by atoms with Crippen LogP contribution in [0.1, 0.15) is 40.5 Å². The van der Waals surface area contributed by atoms with E-state index in [0.29, 0.717) is 0 Å². The molecule has 106 valence electrons. The fourth-order valence-corrected chi connectivity index (χ4v) is 2.57. The molecule has 1 heterocycles. The lowest BCUT2D eigenvalue weighted by atomic mass is 9.94. The zero-order valence-electron chi connectivity index (χ0n) is 12.4. The Hall–Kier alpha value is -1.22. The van der Waals surface area contributed by atoms with Crippen molar-refractivity contribution in [1.82, 2.24) is 5.32 Å². The highest BCUT2D eigenvalue weighted by Gasteiger charge is 2.41. The van der Waals surface area contributed by atoms with Crippen molar-refractivity contribution in [3.63, 3.8) is 0 Å². The molecule has 2 rings (SSSR count). The maximum absolute atomic E-state index is 6.15. The Balaban J connectivity index is 2.08. The van der Waals surface area contributed by atoms with Crippen LogP contribution in [0.2, 0.25) is 0 Å². The van der Waals surface area contributed by atoms with Crippen LogP contribution in [0.4, 0.5) is 0 Å². The average Bonchev–Trinajstić information content (AvgIpc) is 2.37. The SMILES string of the molecule is CCCCNC(C)C1Oc2ccccc2OC1(C)C. The molecular formula is C16H25NO2. The Labute approximate surface area is 116 Å². The van der Waals surface area contributed by atoms with Crippen molar-refractivity contribution >= 4 is 0 Å². The van der Waals surface area contributed by atoms with Crippen LogP contribution in [0.15, 0.2) is 24.3 Å². The average molecular weight is 263 g/mol. The van der Waals surface area contributed by atoms with Crippen LogP contribution < -0.4 is 14.8 Å². The number of unbranched alkanes of at least 4 members (excludes halogenated alkanes) is 1. The highest BCUT2D eigenvalue weighted by molar-refractivity contribution is 5.42. The fraction of sp³-hybridized carbons (Fsp3) is 0.625. The number of ether oxygens (including phenoxy) is 2. The first kappa shape index (κ1) is 14.2. The lowest BCUT2D eigenvalue weighted by Gasteiger charge is -2.42. The van der Waals surface area contributed by atoms with Crippen molar-refractivity contribution in [2.45, 2.75) is 58.3 Å². The molecule has 0 saturated carbocycles. The molecule has 0 aliphatic carbocycles. The third-order valence-electron chi connectivity index (χ3n) is 3.61. The van der Waals surface area contributed by atoms with Gasteiger partial charge in [-0.2, -0.15) is 0 Å². The molecular weight excluding hydrogens is 238 g/mol. The molecule has 0 bridgehead atoms. The van der Waals surface area contributed by atoms with E-state index in [1.54, 1.807) is 0 Å². The van der Waals surface area contributed by atoms with Gasteiger partial charge in [-0.15, -0.1) is 0 Å². The van der Waals surface area contributed by atoms with Crippen molar-refractivity contribution < 1.29 is 9.47 Å². The maximum Gasteiger partial charge on any atom is 0.162 e. The van der Waals surface area contributed by atoms with E-state index in [1.807, 2.05) is 24.3 Å². The summed E-state index contributed by atoms with van der Waals surface area (Å²) in [6.45, 7) is 9.57. The van der Waals surface area contributed by atoms with E-state index in [0.717, 1.165) is 18.0 Å². The highest BCUT2D eigenvalue weighted by Crippen LogP contribution is 2.38. The first-order chi connectivity index (χ1) is 9.04. The molecule has 1 aliphatic heterocycles. The smallest absolute Gasteiger partial charge is 0.162 e. The summed E-state index contributed by atoms with van der Waals surface area (Å²) in [5.74, 6) is 1.68. The van der Waals surface area contributed by atoms with Gasteiger partial charge < -0.3 is 14.8 Å². The zero-order valence-corrected chi connectivity index (χ0v) is 12.4. The van der Waals surface area contributed by atoms with Gasteiger partial charge in [-0.1, -0.05) is 25.5 Å². The minimum Gasteiger partial charge on any atom is -0.481 e. The van der Waals surface area contributed by atoms with Gasteiger partial charge in [0.2, 0.25) is 0 Å². The zero-order chi connectivity index (χ0) is 13.9. The van der Waals surface area contributed by atoms with Gasteiger partial charge in [0.15, 0.2) is 17.6 Å². The van der Waals surface area contributed by atoms with E-state index in [1.165, 1.54) is 12.8 Å². The molecule has 0 aromatic heterocycles. The van der Waals surface area contributed by atoms with E-state index in [2.05, 4.69) is 33.0 Å². The van der Waals surface area contributed by atoms with E-state index in [4.69, 9.17) is 9.47 Å². The summed E-state index contributed by atoms with van der Waals surface area (Å²) in [5.41, 5.74) is -0.326. The van der Waals surface area contributed by atoms with Crippen molar-refractivity contribution in [3.05, 3.63) is 24.3 Å². The fourth-order valence-electron chi connectivity index (χ4n) is 2.57. The summed E-state index contributed by atoms with van der Waals surface area (Å²) in [6, 6.07) is 8.14.